The highest BCUT2D eigenvalue weighted by Crippen LogP contribution is 2.24. The van der Waals surface area contributed by atoms with E-state index in [4.69, 9.17) is 16.3 Å². The summed E-state index contributed by atoms with van der Waals surface area (Å²) in [5.74, 6) is 0.179. The zero-order valence-corrected chi connectivity index (χ0v) is 12.0. The molecule has 0 saturated carbocycles. The van der Waals surface area contributed by atoms with E-state index >= 15 is 0 Å². The molecule has 5 nitrogen and oxygen atoms in total. The third-order valence-electron chi connectivity index (χ3n) is 2.91. The summed E-state index contributed by atoms with van der Waals surface area (Å²) in [5.41, 5.74) is 0.877. The predicted molar refractivity (Wildman–Crippen MR) is 79.1 cm³/mol. The van der Waals surface area contributed by atoms with E-state index < -0.39 is 4.92 Å². The van der Waals surface area contributed by atoms with Crippen LogP contribution >= 0.6 is 11.6 Å². The molecule has 0 bridgehead atoms. The molecule has 6 heteroatoms. The van der Waals surface area contributed by atoms with E-state index in [0.717, 1.165) is 0 Å². The van der Waals surface area contributed by atoms with Crippen molar-refractivity contribution in [1.29, 1.82) is 0 Å². The van der Waals surface area contributed by atoms with Crippen LogP contribution in [-0.2, 0) is 6.42 Å². The summed E-state index contributed by atoms with van der Waals surface area (Å²) in [6, 6.07) is 10.9. The fourth-order valence-corrected chi connectivity index (χ4v) is 2.11. The number of carbonyl (C=O) groups is 1. The van der Waals surface area contributed by atoms with Gasteiger partial charge in [-0.15, -0.1) is 0 Å². The number of rotatable bonds is 5. The number of hydrogen-bond acceptors (Lipinski definition) is 4. The maximum absolute atomic E-state index is 12.2. The van der Waals surface area contributed by atoms with Crippen LogP contribution in [0.5, 0.6) is 5.75 Å². The van der Waals surface area contributed by atoms with Crippen molar-refractivity contribution < 1.29 is 14.5 Å². The molecule has 0 aromatic heterocycles. The lowest BCUT2D eigenvalue weighted by molar-refractivity contribution is -0.385. The van der Waals surface area contributed by atoms with Crippen molar-refractivity contribution in [2.75, 3.05) is 7.11 Å². The second-order valence-corrected chi connectivity index (χ2v) is 4.84. The van der Waals surface area contributed by atoms with E-state index in [0.29, 0.717) is 21.9 Å². The summed E-state index contributed by atoms with van der Waals surface area (Å²) in [6.45, 7) is 0. The van der Waals surface area contributed by atoms with Crippen LogP contribution in [0.3, 0.4) is 0 Å². The molecule has 0 radical (unpaired) electrons. The van der Waals surface area contributed by atoms with Crippen molar-refractivity contribution in [1.82, 2.24) is 0 Å². The molecule has 0 saturated heterocycles. The lowest BCUT2D eigenvalue weighted by Crippen LogP contribution is -2.04. The van der Waals surface area contributed by atoms with Crippen molar-refractivity contribution in [2.45, 2.75) is 6.42 Å². The minimum Gasteiger partial charge on any atom is -0.496 e. The Labute approximate surface area is 126 Å². The average molecular weight is 306 g/mol. The molecule has 0 aliphatic rings. The Morgan fingerprint density at radius 3 is 2.67 bits per heavy atom. The fourth-order valence-electron chi connectivity index (χ4n) is 1.92. The molecule has 2 aromatic rings. The lowest BCUT2D eigenvalue weighted by Gasteiger charge is -2.05. The number of Topliss-reactive ketones (excluding diaryl/α,β-unsaturated/α-hetero) is 1. The maximum atomic E-state index is 12.2. The van der Waals surface area contributed by atoms with Crippen LogP contribution < -0.4 is 4.74 Å². The van der Waals surface area contributed by atoms with E-state index in [1.165, 1.54) is 19.2 Å². The van der Waals surface area contributed by atoms with Crippen LogP contribution in [0.2, 0.25) is 5.02 Å². The molecule has 2 rings (SSSR count). The zero-order valence-electron chi connectivity index (χ0n) is 11.2. The number of nitro groups is 1. The Balaban J connectivity index is 2.28. The standard InChI is InChI=1S/C15H12ClNO4/c1-21-14-6-10(5-13(9-14)17(19)20)7-15(18)11-3-2-4-12(16)8-11/h2-6,8-9H,7H2,1H3. The van der Waals surface area contributed by atoms with Crippen LogP contribution in [-0.4, -0.2) is 17.8 Å². The van der Waals surface area contributed by atoms with Gasteiger partial charge in [0.15, 0.2) is 5.78 Å². The molecule has 108 valence electrons. The Hall–Kier alpha value is -2.40. The van der Waals surface area contributed by atoms with Crippen LogP contribution in [0, 0.1) is 10.1 Å². The normalized spacial score (nSPS) is 10.2. The van der Waals surface area contributed by atoms with E-state index in [2.05, 4.69) is 0 Å². The molecular weight excluding hydrogens is 294 g/mol. The molecule has 0 atom stereocenters. The third kappa shape index (κ3) is 3.79. The topological polar surface area (TPSA) is 69.4 Å². The smallest absolute Gasteiger partial charge is 0.273 e. The van der Waals surface area contributed by atoms with Gasteiger partial charge in [-0.1, -0.05) is 23.7 Å². The number of ether oxygens (including phenoxy) is 1. The first-order valence-corrected chi connectivity index (χ1v) is 6.48. The predicted octanol–water partition coefficient (Wildman–Crippen LogP) is 3.68. The van der Waals surface area contributed by atoms with Crippen molar-refractivity contribution >= 4 is 23.1 Å². The summed E-state index contributed by atoms with van der Waals surface area (Å²) in [6.07, 6.45) is 0.0401. The summed E-state index contributed by atoms with van der Waals surface area (Å²) in [5, 5.41) is 11.3. The second-order valence-electron chi connectivity index (χ2n) is 4.41. The Morgan fingerprint density at radius 2 is 2.05 bits per heavy atom. The molecule has 0 amide bonds. The van der Waals surface area contributed by atoms with Gasteiger partial charge in [-0.25, -0.2) is 0 Å². The number of nitro benzene ring substituents is 1. The van der Waals surface area contributed by atoms with E-state index in [1.807, 2.05) is 0 Å². The molecule has 0 aliphatic carbocycles. The second kappa shape index (κ2) is 6.37. The summed E-state index contributed by atoms with van der Waals surface area (Å²) < 4.78 is 5.02. The van der Waals surface area contributed by atoms with Gasteiger partial charge in [0.2, 0.25) is 0 Å². The molecule has 0 fully saturated rings. The molecule has 0 spiro atoms. The minimum atomic E-state index is -0.518. The highest BCUT2D eigenvalue weighted by molar-refractivity contribution is 6.31. The summed E-state index contributed by atoms with van der Waals surface area (Å²) >= 11 is 5.84. The molecular formula is C15H12ClNO4. The van der Waals surface area contributed by atoms with Gasteiger partial charge in [0.05, 0.1) is 18.1 Å². The van der Waals surface area contributed by atoms with Crippen LogP contribution in [0.15, 0.2) is 42.5 Å². The van der Waals surface area contributed by atoms with E-state index in [1.54, 1.807) is 30.3 Å². The van der Waals surface area contributed by atoms with E-state index in [-0.39, 0.29) is 17.9 Å². The van der Waals surface area contributed by atoms with Gasteiger partial charge >= 0.3 is 0 Å². The van der Waals surface area contributed by atoms with Gasteiger partial charge in [0.25, 0.3) is 5.69 Å². The lowest BCUT2D eigenvalue weighted by atomic mass is 10.0. The zero-order chi connectivity index (χ0) is 15.4. The number of hydrogen-bond donors (Lipinski definition) is 0. The Kier molecular flexibility index (Phi) is 4.55. The summed E-state index contributed by atoms with van der Waals surface area (Å²) in [7, 11) is 1.42. The molecule has 0 aliphatic heterocycles. The monoisotopic (exact) mass is 305 g/mol. The largest absolute Gasteiger partial charge is 0.496 e. The van der Waals surface area contributed by atoms with Crippen molar-refractivity contribution in [3.63, 3.8) is 0 Å². The highest BCUT2D eigenvalue weighted by Gasteiger charge is 2.14. The number of benzene rings is 2. The van der Waals surface area contributed by atoms with Gasteiger partial charge in [-0.05, 0) is 23.8 Å². The van der Waals surface area contributed by atoms with Crippen LogP contribution in [0.1, 0.15) is 15.9 Å². The van der Waals surface area contributed by atoms with Crippen LogP contribution in [0.25, 0.3) is 0 Å². The van der Waals surface area contributed by atoms with E-state index in [9.17, 15) is 14.9 Å². The number of halogens is 1. The number of non-ortho nitro benzene ring substituents is 1. The molecule has 2 aromatic carbocycles. The van der Waals surface area contributed by atoms with Crippen molar-refractivity contribution in [3.8, 4) is 5.75 Å². The Bertz CT molecular complexity index is 700. The van der Waals surface area contributed by atoms with Gasteiger partial charge in [-0.2, -0.15) is 0 Å². The molecule has 21 heavy (non-hydrogen) atoms. The number of ketones is 1. The Morgan fingerprint density at radius 1 is 1.29 bits per heavy atom. The third-order valence-corrected chi connectivity index (χ3v) is 3.14. The van der Waals surface area contributed by atoms with Crippen molar-refractivity contribution in [3.05, 3.63) is 68.7 Å². The number of methoxy groups -OCH3 is 1. The summed E-state index contributed by atoms with van der Waals surface area (Å²) in [4.78, 5) is 22.5. The average Bonchev–Trinajstić information content (AvgIpc) is 2.46. The quantitative estimate of drug-likeness (QED) is 0.480. The first-order valence-electron chi connectivity index (χ1n) is 6.10. The number of nitrogens with zero attached hydrogens (tertiary/aromatic N) is 1. The number of carbonyl (C=O) groups excluding carboxylic acids is 1. The van der Waals surface area contributed by atoms with Gasteiger partial charge in [-0.3, -0.25) is 14.9 Å². The highest BCUT2D eigenvalue weighted by atomic mass is 35.5. The fraction of sp³-hybridized carbons (Fsp3) is 0.133. The first kappa shape index (κ1) is 15.0. The molecule has 0 heterocycles. The van der Waals surface area contributed by atoms with Gasteiger partial charge in [0.1, 0.15) is 5.75 Å². The maximum Gasteiger partial charge on any atom is 0.273 e. The first-order chi connectivity index (χ1) is 9.99. The van der Waals surface area contributed by atoms with Gasteiger partial charge in [0, 0.05) is 23.1 Å². The SMILES string of the molecule is COc1cc(CC(=O)c2cccc(Cl)c2)cc([N+](=O)[O-])c1. The molecule has 0 unspecified atom stereocenters. The molecule has 0 N–H and O–H groups in total. The van der Waals surface area contributed by atoms with Crippen LogP contribution in [0.4, 0.5) is 5.69 Å². The minimum absolute atomic E-state index is 0.0401. The van der Waals surface area contributed by atoms with Gasteiger partial charge < -0.3 is 4.74 Å². The van der Waals surface area contributed by atoms with Crippen molar-refractivity contribution in [2.24, 2.45) is 0 Å².